The first-order valence-electron chi connectivity index (χ1n) is 6.39. The van der Waals surface area contributed by atoms with Crippen LogP contribution in [-0.4, -0.2) is 15.2 Å². The van der Waals surface area contributed by atoms with Crippen LogP contribution in [-0.2, 0) is 0 Å². The van der Waals surface area contributed by atoms with Gasteiger partial charge in [-0.2, -0.15) is 5.10 Å². The number of aromatic nitrogens is 3. The molecule has 0 radical (unpaired) electrons. The fourth-order valence-corrected chi connectivity index (χ4v) is 2.58. The van der Waals surface area contributed by atoms with Crippen molar-refractivity contribution in [2.75, 3.05) is 0 Å². The largest absolute Gasteiger partial charge is 0.353 e. The van der Waals surface area contributed by atoms with Gasteiger partial charge in [-0.25, -0.2) is 5.10 Å². The quantitative estimate of drug-likeness (QED) is 0.553. The van der Waals surface area contributed by atoms with Crippen LogP contribution in [0.15, 0.2) is 59.4 Å². The molecule has 0 saturated carbocycles. The molecule has 0 aliphatic carbocycles. The van der Waals surface area contributed by atoms with E-state index in [2.05, 4.69) is 15.2 Å². The number of H-pyrrole nitrogens is 2. The topological polar surface area (TPSA) is 61.5 Å². The van der Waals surface area contributed by atoms with Crippen molar-refractivity contribution in [2.24, 2.45) is 0 Å². The SMILES string of the molecule is O=c1[nH]nc(-c2ccccc2)c2[nH]c3ccccc3c12. The van der Waals surface area contributed by atoms with Crippen LogP contribution in [0.5, 0.6) is 0 Å². The average Bonchev–Trinajstić information content (AvgIpc) is 2.88. The van der Waals surface area contributed by atoms with Crippen molar-refractivity contribution < 1.29 is 0 Å². The number of nitrogens with one attached hydrogen (secondary N) is 2. The highest BCUT2D eigenvalue weighted by molar-refractivity contribution is 6.10. The molecule has 2 N–H and O–H groups in total. The zero-order chi connectivity index (χ0) is 13.5. The molecule has 0 aliphatic rings. The van der Waals surface area contributed by atoms with E-state index in [1.807, 2.05) is 54.6 Å². The molecule has 0 bridgehead atoms. The maximum Gasteiger partial charge on any atom is 0.274 e. The van der Waals surface area contributed by atoms with Crippen molar-refractivity contribution in [2.45, 2.75) is 0 Å². The Balaban J connectivity index is 2.19. The van der Waals surface area contributed by atoms with E-state index in [0.717, 1.165) is 27.7 Å². The highest BCUT2D eigenvalue weighted by atomic mass is 16.1. The summed E-state index contributed by atoms with van der Waals surface area (Å²) in [5, 5.41) is 8.38. The zero-order valence-corrected chi connectivity index (χ0v) is 10.6. The summed E-state index contributed by atoms with van der Waals surface area (Å²) in [6, 6.07) is 17.6. The second kappa shape index (κ2) is 4.06. The minimum atomic E-state index is -0.169. The number of benzene rings is 2. The Morgan fingerprint density at radius 3 is 2.50 bits per heavy atom. The zero-order valence-electron chi connectivity index (χ0n) is 10.6. The van der Waals surface area contributed by atoms with Crippen molar-refractivity contribution in [3.8, 4) is 11.3 Å². The van der Waals surface area contributed by atoms with Gasteiger partial charge in [0, 0.05) is 16.5 Å². The van der Waals surface area contributed by atoms with Crippen molar-refractivity contribution in [3.63, 3.8) is 0 Å². The van der Waals surface area contributed by atoms with E-state index >= 15 is 0 Å². The fourth-order valence-electron chi connectivity index (χ4n) is 2.58. The summed E-state index contributed by atoms with van der Waals surface area (Å²) in [6.45, 7) is 0. The highest BCUT2D eigenvalue weighted by Crippen LogP contribution is 2.28. The fraction of sp³-hybridized carbons (Fsp3) is 0. The Morgan fingerprint density at radius 2 is 1.65 bits per heavy atom. The van der Waals surface area contributed by atoms with Gasteiger partial charge in [0.1, 0.15) is 5.69 Å². The summed E-state index contributed by atoms with van der Waals surface area (Å²) in [6.07, 6.45) is 0. The molecule has 0 amide bonds. The molecule has 0 fully saturated rings. The van der Waals surface area contributed by atoms with Crippen LogP contribution in [0.4, 0.5) is 0 Å². The summed E-state index contributed by atoms with van der Waals surface area (Å²) in [5.41, 5.74) is 3.29. The van der Waals surface area contributed by atoms with Gasteiger partial charge in [-0.3, -0.25) is 4.79 Å². The Morgan fingerprint density at radius 1 is 0.900 bits per heavy atom. The lowest BCUT2D eigenvalue weighted by Crippen LogP contribution is -2.08. The van der Waals surface area contributed by atoms with Gasteiger partial charge in [-0.05, 0) is 6.07 Å². The van der Waals surface area contributed by atoms with E-state index in [9.17, 15) is 4.79 Å². The van der Waals surface area contributed by atoms with Gasteiger partial charge in [0.15, 0.2) is 0 Å². The molecule has 2 aromatic heterocycles. The van der Waals surface area contributed by atoms with Gasteiger partial charge in [0.25, 0.3) is 5.56 Å². The Hall–Kier alpha value is -2.88. The molecule has 0 atom stereocenters. The predicted octanol–water partition coefficient (Wildman–Crippen LogP) is 3.07. The number of aromatic amines is 2. The number of hydrogen-bond acceptors (Lipinski definition) is 2. The van der Waals surface area contributed by atoms with E-state index in [0.29, 0.717) is 5.39 Å². The van der Waals surface area contributed by atoms with Gasteiger partial charge in [0.05, 0.1) is 10.9 Å². The summed E-state index contributed by atoms with van der Waals surface area (Å²) < 4.78 is 0. The maximum absolute atomic E-state index is 12.1. The molecule has 0 aliphatic heterocycles. The molecule has 4 rings (SSSR count). The smallest absolute Gasteiger partial charge is 0.274 e. The molecule has 0 unspecified atom stereocenters. The lowest BCUT2D eigenvalue weighted by Gasteiger charge is -2.01. The Bertz CT molecular complexity index is 967. The van der Waals surface area contributed by atoms with Crippen molar-refractivity contribution in [3.05, 3.63) is 65.0 Å². The van der Waals surface area contributed by atoms with Crippen molar-refractivity contribution >= 4 is 21.8 Å². The van der Waals surface area contributed by atoms with Crippen LogP contribution in [0.25, 0.3) is 33.1 Å². The normalized spacial score (nSPS) is 11.2. The number of nitrogens with zero attached hydrogens (tertiary/aromatic N) is 1. The van der Waals surface area contributed by atoms with E-state index in [1.165, 1.54) is 0 Å². The average molecular weight is 261 g/mol. The third-order valence-electron chi connectivity index (χ3n) is 3.49. The van der Waals surface area contributed by atoms with Crippen LogP contribution in [0.2, 0.25) is 0 Å². The molecule has 0 saturated heterocycles. The minimum Gasteiger partial charge on any atom is -0.353 e. The summed E-state index contributed by atoms with van der Waals surface area (Å²) in [5.74, 6) is 0. The molecule has 2 heterocycles. The number of hydrogen-bond donors (Lipinski definition) is 2. The van der Waals surface area contributed by atoms with Crippen molar-refractivity contribution in [1.29, 1.82) is 0 Å². The molecular weight excluding hydrogens is 250 g/mol. The molecule has 0 spiro atoms. The maximum atomic E-state index is 12.1. The van der Waals surface area contributed by atoms with Crippen LogP contribution in [0.1, 0.15) is 0 Å². The molecule has 2 aromatic carbocycles. The van der Waals surface area contributed by atoms with Crippen LogP contribution in [0, 0.1) is 0 Å². The molecule has 4 nitrogen and oxygen atoms in total. The van der Waals surface area contributed by atoms with E-state index < -0.39 is 0 Å². The molecule has 4 aromatic rings. The van der Waals surface area contributed by atoms with Gasteiger partial charge >= 0.3 is 0 Å². The molecular formula is C16H11N3O. The van der Waals surface area contributed by atoms with E-state index in [-0.39, 0.29) is 5.56 Å². The van der Waals surface area contributed by atoms with Gasteiger partial charge in [-0.1, -0.05) is 48.5 Å². The van der Waals surface area contributed by atoms with E-state index in [4.69, 9.17) is 0 Å². The second-order valence-corrected chi connectivity index (χ2v) is 4.69. The standard InChI is InChI=1S/C16H11N3O/c20-16-13-11-8-4-5-9-12(11)17-15(13)14(18-19-16)10-6-2-1-3-7-10/h1-9,17H,(H,19,20). The Kier molecular flexibility index (Phi) is 2.23. The highest BCUT2D eigenvalue weighted by Gasteiger charge is 2.13. The third kappa shape index (κ3) is 1.48. The van der Waals surface area contributed by atoms with Crippen LogP contribution >= 0.6 is 0 Å². The van der Waals surface area contributed by atoms with Crippen LogP contribution < -0.4 is 5.56 Å². The van der Waals surface area contributed by atoms with E-state index in [1.54, 1.807) is 0 Å². The first-order chi connectivity index (χ1) is 9.84. The van der Waals surface area contributed by atoms with Crippen LogP contribution in [0.3, 0.4) is 0 Å². The monoisotopic (exact) mass is 261 g/mol. The Labute approximate surface area is 114 Å². The first-order valence-corrected chi connectivity index (χ1v) is 6.39. The third-order valence-corrected chi connectivity index (χ3v) is 3.49. The first kappa shape index (κ1) is 11.0. The molecule has 4 heteroatoms. The summed E-state index contributed by atoms with van der Waals surface area (Å²) in [7, 11) is 0. The predicted molar refractivity (Wildman–Crippen MR) is 79.7 cm³/mol. The lowest BCUT2D eigenvalue weighted by atomic mass is 10.1. The lowest BCUT2D eigenvalue weighted by molar-refractivity contribution is 1.02. The van der Waals surface area contributed by atoms with Gasteiger partial charge < -0.3 is 4.98 Å². The molecule has 20 heavy (non-hydrogen) atoms. The summed E-state index contributed by atoms with van der Waals surface area (Å²) >= 11 is 0. The number of fused-ring (bicyclic) bond motifs is 3. The minimum absolute atomic E-state index is 0.169. The second-order valence-electron chi connectivity index (χ2n) is 4.69. The molecule has 96 valence electrons. The number of para-hydroxylation sites is 1. The van der Waals surface area contributed by atoms with Gasteiger partial charge in [0.2, 0.25) is 0 Å². The number of rotatable bonds is 1. The summed E-state index contributed by atoms with van der Waals surface area (Å²) in [4.78, 5) is 15.4. The van der Waals surface area contributed by atoms with Gasteiger partial charge in [-0.15, -0.1) is 0 Å². The van der Waals surface area contributed by atoms with Crippen molar-refractivity contribution in [1.82, 2.24) is 15.2 Å².